The third-order valence-corrected chi connectivity index (χ3v) is 5.73. The molecule has 2 rings (SSSR count). The highest BCUT2D eigenvalue weighted by molar-refractivity contribution is 9.10. The van der Waals surface area contributed by atoms with E-state index in [4.69, 9.17) is 16.9 Å². The van der Waals surface area contributed by atoms with E-state index in [-0.39, 0.29) is 23.0 Å². The van der Waals surface area contributed by atoms with E-state index in [0.29, 0.717) is 4.47 Å². The van der Waals surface area contributed by atoms with Crippen LogP contribution < -0.4 is 0 Å². The number of rotatable bonds is 5. The number of sulfonamides is 1. The minimum atomic E-state index is -3.85. The third-order valence-electron chi connectivity index (χ3n) is 2.96. The zero-order valence-corrected chi connectivity index (χ0v) is 14.6. The summed E-state index contributed by atoms with van der Waals surface area (Å²) in [6, 6.07) is 15.5. The maximum atomic E-state index is 12.7. The van der Waals surface area contributed by atoms with Crippen LogP contribution in [-0.2, 0) is 16.6 Å². The molecule has 0 N–H and O–H groups in total. The predicted molar refractivity (Wildman–Crippen MR) is 88.8 cm³/mol. The number of hydrogen-bond donors (Lipinski definition) is 0. The number of benzene rings is 2. The second kappa shape index (κ2) is 7.25. The number of nitriles is 1. The van der Waals surface area contributed by atoms with E-state index in [2.05, 4.69) is 15.9 Å². The van der Waals surface area contributed by atoms with Crippen molar-refractivity contribution in [3.05, 3.63) is 63.6 Å². The van der Waals surface area contributed by atoms with Crippen LogP contribution >= 0.6 is 27.5 Å². The highest BCUT2D eigenvalue weighted by Crippen LogP contribution is 2.28. The summed E-state index contributed by atoms with van der Waals surface area (Å²) in [4.78, 5) is -0.0106. The number of halogens is 2. The maximum Gasteiger partial charge on any atom is 0.245 e. The molecular formula is C15H12BrClN2O2S. The van der Waals surface area contributed by atoms with E-state index in [1.54, 1.807) is 6.07 Å². The van der Waals surface area contributed by atoms with Gasteiger partial charge in [0.25, 0.3) is 0 Å². The SMILES string of the molecule is N#CCN(Cc1ccccc1)S(=O)(=O)c1ccc(Br)cc1Cl. The molecule has 0 aliphatic heterocycles. The summed E-state index contributed by atoms with van der Waals surface area (Å²) in [6.07, 6.45) is 0. The molecule has 0 aliphatic rings. The molecule has 0 radical (unpaired) electrons. The van der Waals surface area contributed by atoms with Gasteiger partial charge in [-0.15, -0.1) is 0 Å². The van der Waals surface area contributed by atoms with Gasteiger partial charge in [0.2, 0.25) is 10.0 Å². The van der Waals surface area contributed by atoms with Crippen LogP contribution in [0, 0.1) is 11.3 Å². The van der Waals surface area contributed by atoms with E-state index in [1.165, 1.54) is 12.1 Å². The first kappa shape index (κ1) is 17.0. The molecule has 0 fully saturated rings. The fraction of sp³-hybridized carbons (Fsp3) is 0.133. The molecule has 4 nitrogen and oxygen atoms in total. The average molecular weight is 400 g/mol. The number of hydrogen-bond acceptors (Lipinski definition) is 3. The van der Waals surface area contributed by atoms with Gasteiger partial charge >= 0.3 is 0 Å². The van der Waals surface area contributed by atoms with Gasteiger partial charge in [-0.3, -0.25) is 0 Å². The molecule has 0 unspecified atom stereocenters. The first-order valence-corrected chi connectivity index (χ1v) is 8.92. The van der Waals surface area contributed by atoms with Crippen LogP contribution in [0.25, 0.3) is 0 Å². The monoisotopic (exact) mass is 398 g/mol. The van der Waals surface area contributed by atoms with Crippen molar-refractivity contribution in [2.75, 3.05) is 6.54 Å². The standard InChI is InChI=1S/C15H12BrClN2O2S/c16-13-6-7-15(14(17)10-13)22(20,21)19(9-8-18)11-12-4-2-1-3-5-12/h1-7,10H,9,11H2. The Bertz CT molecular complexity index is 804. The molecule has 2 aromatic rings. The minimum absolute atomic E-state index is 0.0106. The Labute approximate surface area is 143 Å². The van der Waals surface area contributed by atoms with Crippen molar-refractivity contribution in [2.45, 2.75) is 11.4 Å². The van der Waals surface area contributed by atoms with Gasteiger partial charge < -0.3 is 0 Å². The van der Waals surface area contributed by atoms with Gasteiger partial charge in [-0.25, -0.2) is 8.42 Å². The summed E-state index contributed by atoms with van der Waals surface area (Å²) in [7, 11) is -3.85. The molecule has 22 heavy (non-hydrogen) atoms. The zero-order chi connectivity index (χ0) is 16.2. The van der Waals surface area contributed by atoms with Crippen molar-refractivity contribution in [2.24, 2.45) is 0 Å². The Kier molecular flexibility index (Phi) is 5.59. The summed E-state index contributed by atoms with van der Waals surface area (Å²) in [5.41, 5.74) is 0.801. The first-order chi connectivity index (χ1) is 10.4. The van der Waals surface area contributed by atoms with Crippen LogP contribution in [0.3, 0.4) is 0 Å². The van der Waals surface area contributed by atoms with Gasteiger partial charge in [0.1, 0.15) is 11.4 Å². The highest BCUT2D eigenvalue weighted by atomic mass is 79.9. The molecule has 7 heteroatoms. The fourth-order valence-corrected chi connectivity index (χ4v) is 4.25. The fourth-order valence-electron chi connectivity index (χ4n) is 1.92. The molecule has 0 heterocycles. The second-order valence-corrected chi connectivity index (χ2v) is 7.72. The molecule has 0 aromatic heterocycles. The Morgan fingerprint density at radius 3 is 2.45 bits per heavy atom. The summed E-state index contributed by atoms with van der Waals surface area (Å²) in [6.45, 7) is -0.132. The smallest absolute Gasteiger partial charge is 0.207 e. The lowest BCUT2D eigenvalue weighted by atomic mass is 10.2. The predicted octanol–water partition coefficient (Wildman–Crippen LogP) is 3.82. The van der Waals surface area contributed by atoms with Crippen LogP contribution in [0.2, 0.25) is 5.02 Å². The first-order valence-electron chi connectivity index (χ1n) is 6.31. The van der Waals surface area contributed by atoms with E-state index in [0.717, 1.165) is 9.87 Å². The van der Waals surface area contributed by atoms with Crippen molar-refractivity contribution >= 4 is 37.6 Å². The van der Waals surface area contributed by atoms with E-state index < -0.39 is 10.0 Å². The zero-order valence-electron chi connectivity index (χ0n) is 11.4. The molecular weight excluding hydrogens is 388 g/mol. The Morgan fingerprint density at radius 2 is 1.86 bits per heavy atom. The largest absolute Gasteiger partial charge is 0.245 e. The second-order valence-electron chi connectivity index (χ2n) is 4.49. The molecule has 0 bridgehead atoms. The van der Waals surface area contributed by atoms with Gasteiger partial charge in [0.05, 0.1) is 11.1 Å². The van der Waals surface area contributed by atoms with Crippen LogP contribution in [0.4, 0.5) is 0 Å². The van der Waals surface area contributed by atoms with E-state index >= 15 is 0 Å². The number of nitrogens with zero attached hydrogens (tertiary/aromatic N) is 2. The lowest BCUT2D eigenvalue weighted by Crippen LogP contribution is -2.31. The Morgan fingerprint density at radius 1 is 1.18 bits per heavy atom. The van der Waals surface area contributed by atoms with Crippen LogP contribution in [0.15, 0.2) is 57.9 Å². The summed E-state index contributed by atoms with van der Waals surface area (Å²) < 4.78 is 27.3. The van der Waals surface area contributed by atoms with Crippen LogP contribution in [-0.4, -0.2) is 19.3 Å². The normalized spacial score (nSPS) is 11.4. The van der Waals surface area contributed by atoms with Gasteiger partial charge in [-0.1, -0.05) is 57.9 Å². The summed E-state index contributed by atoms with van der Waals surface area (Å²) in [5, 5.41) is 9.06. The molecule has 2 aromatic carbocycles. The lowest BCUT2D eigenvalue weighted by Gasteiger charge is -2.20. The van der Waals surface area contributed by atoms with Crippen molar-refractivity contribution in [3.8, 4) is 6.07 Å². The summed E-state index contributed by atoms with van der Waals surface area (Å²) in [5.74, 6) is 0. The van der Waals surface area contributed by atoms with Crippen molar-refractivity contribution < 1.29 is 8.42 Å². The van der Waals surface area contributed by atoms with Gasteiger partial charge in [-0.05, 0) is 23.8 Å². The Balaban J connectivity index is 2.40. The molecule has 114 valence electrons. The molecule has 0 saturated heterocycles. The molecule has 0 atom stereocenters. The van der Waals surface area contributed by atoms with E-state index in [9.17, 15) is 8.42 Å². The molecule has 0 aliphatic carbocycles. The van der Waals surface area contributed by atoms with Gasteiger partial charge in [0, 0.05) is 11.0 Å². The Hall–Kier alpha value is -1.39. The molecule has 0 amide bonds. The van der Waals surface area contributed by atoms with Crippen molar-refractivity contribution in [1.82, 2.24) is 4.31 Å². The topological polar surface area (TPSA) is 61.2 Å². The quantitative estimate of drug-likeness (QED) is 0.718. The average Bonchev–Trinajstić information content (AvgIpc) is 2.47. The van der Waals surface area contributed by atoms with Crippen molar-refractivity contribution in [3.63, 3.8) is 0 Å². The van der Waals surface area contributed by atoms with Gasteiger partial charge in [-0.2, -0.15) is 9.57 Å². The molecule has 0 saturated carbocycles. The van der Waals surface area contributed by atoms with Crippen LogP contribution in [0.5, 0.6) is 0 Å². The van der Waals surface area contributed by atoms with Gasteiger partial charge in [0.15, 0.2) is 0 Å². The minimum Gasteiger partial charge on any atom is -0.207 e. The van der Waals surface area contributed by atoms with Crippen LogP contribution in [0.1, 0.15) is 5.56 Å². The lowest BCUT2D eigenvalue weighted by molar-refractivity contribution is 0.441. The molecule has 0 spiro atoms. The summed E-state index contributed by atoms with van der Waals surface area (Å²) >= 11 is 9.28. The maximum absolute atomic E-state index is 12.7. The van der Waals surface area contributed by atoms with Crippen molar-refractivity contribution in [1.29, 1.82) is 5.26 Å². The van der Waals surface area contributed by atoms with E-state index in [1.807, 2.05) is 36.4 Å². The third kappa shape index (κ3) is 3.87. The highest BCUT2D eigenvalue weighted by Gasteiger charge is 2.26.